The number of carboxylic acid groups (broad SMARTS) is 1. The number of hydrogen-bond donors (Lipinski definition) is 2. The summed E-state index contributed by atoms with van der Waals surface area (Å²) in [4.78, 5) is 22.5. The average Bonchev–Trinajstić information content (AvgIpc) is 3.27. The van der Waals surface area contributed by atoms with Crippen LogP contribution < -0.4 is 5.32 Å². The molecule has 1 aromatic carbocycles. The number of carboxylic acids is 1. The third kappa shape index (κ3) is 6.29. The number of amides is 1. The molecule has 0 radical (unpaired) electrons. The van der Waals surface area contributed by atoms with Gasteiger partial charge in [0.25, 0.3) is 0 Å². The van der Waals surface area contributed by atoms with Crippen LogP contribution in [0.2, 0.25) is 0 Å². The highest BCUT2D eigenvalue weighted by Gasteiger charge is 2.26. The molecule has 1 atom stereocenters. The van der Waals surface area contributed by atoms with Gasteiger partial charge in [-0.15, -0.1) is 0 Å². The first-order chi connectivity index (χ1) is 10.1. The second kappa shape index (κ2) is 7.67. The average molecular weight is 291 g/mol. The fourth-order valence-corrected chi connectivity index (χ4v) is 2.23. The molecule has 1 aliphatic rings. The molecule has 1 aromatic rings. The maximum Gasteiger partial charge on any atom is 0.407 e. The van der Waals surface area contributed by atoms with Gasteiger partial charge in [0.1, 0.15) is 6.61 Å². The Balaban J connectivity index is 1.75. The SMILES string of the molecule is O=C(O)CCC(CC1CC1)NC(=O)OCc1ccccc1. The molecule has 0 aromatic heterocycles. The molecule has 5 heteroatoms. The molecule has 1 amide bonds. The zero-order chi connectivity index (χ0) is 15.1. The van der Waals surface area contributed by atoms with Gasteiger partial charge in [0.05, 0.1) is 0 Å². The predicted molar refractivity (Wildman–Crippen MR) is 77.8 cm³/mol. The molecular formula is C16H21NO4. The molecule has 0 spiro atoms. The summed E-state index contributed by atoms with van der Waals surface area (Å²) in [5, 5.41) is 11.5. The van der Waals surface area contributed by atoms with Crippen LogP contribution in [0, 0.1) is 5.92 Å². The molecule has 1 fully saturated rings. The molecule has 114 valence electrons. The third-order valence-electron chi connectivity index (χ3n) is 3.56. The van der Waals surface area contributed by atoms with E-state index in [1.54, 1.807) is 0 Å². The fraction of sp³-hybridized carbons (Fsp3) is 0.500. The smallest absolute Gasteiger partial charge is 0.407 e. The van der Waals surface area contributed by atoms with Gasteiger partial charge in [0, 0.05) is 12.5 Å². The van der Waals surface area contributed by atoms with Crippen molar-refractivity contribution in [2.75, 3.05) is 0 Å². The van der Waals surface area contributed by atoms with Gasteiger partial charge >= 0.3 is 12.1 Å². The van der Waals surface area contributed by atoms with Crippen molar-refractivity contribution in [1.29, 1.82) is 0 Å². The van der Waals surface area contributed by atoms with Crippen LogP contribution in [0.1, 0.15) is 37.7 Å². The number of carbonyl (C=O) groups excluding carboxylic acids is 1. The van der Waals surface area contributed by atoms with E-state index in [1.807, 2.05) is 30.3 Å². The Morgan fingerprint density at radius 2 is 2.00 bits per heavy atom. The van der Waals surface area contributed by atoms with Crippen molar-refractivity contribution >= 4 is 12.1 Å². The second-order valence-corrected chi connectivity index (χ2v) is 5.51. The Morgan fingerprint density at radius 3 is 2.62 bits per heavy atom. The number of nitrogens with one attached hydrogen (secondary N) is 1. The van der Waals surface area contributed by atoms with Crippen LogP contribution in [-0.2, 0) is 16.1 Å². The van der Waals surface area contributed by atoms with Crippen LogP contribution in [0.25, 0.3) is 0 Å². The molecule has 1 saturated carbocycles. The highest BCUT2D eigenvalue weighted by molar-refractivity contribution is 5.68. The van der Waals surface area contributed by atoms with E-state index in [1.165, 1.54) is 12.8 Å². The molecule has 1 unspecified atom stereocenters. The van der Waals surface area contributed by atoms with Crippen LogP contribution in [0.3, 0.4) is 0 Å². The maximum atomic E-state index is 11.8. The first-order valence-electron chi connectivity index (χ1n) is 7.32. The number of hydrogen-bond acceptors (Lipinski definition) is 3. The van der Waals surface area contributed by atoms with Gasteiger partial charge in [0.15, 0.2) is 0 Å². The Bertz CT molecular complexity index is 470. The van der Waals surface area contributed by atoms with E-state index in [9.17, 15) is 9.59 Å². The minimum absolute atomic E-state index is 0.0658. The Hall–Kier alpha value is -2.04. The summed E-state index contributed by atoms with van der Waals surface area (Å²) in [5.41, 5.74) is 0.928. The summed E-state index contributed by atoms with van der Waals surface area (Å²) in [5.74, 6) is -0.214. The first kappa shape index (κ1) is 15.4. The summed E-state index contributed by atoms with van der Waals surface area (Å²) in [6, 6.07) is 9.34. The molecular weight excluding hydrogens is 270 g/mol. The van der Waals surface area contributed by atoms with E-state index >= 15 is 0 Å². The van der Waals surface area contributed by atoms with Crippen molar-refractivity contribution in [3.8, 4) is 0 Å². The van der Waals surface area contributed by atoms with Crippen LogP contribution in [-0.4, -0.2) is 23.2 Å². The van der Waals surface area contributed by atoms with Gasteiger partial charge in [-0.05, 0) is 24.3 Å². The Kier molecular flexibility index (Phi) is 5.60. The molecule has 0 bridgehead atoms. The number of alkyl carbamates (subject to hydrolysis) is 1. The van der Waals surface area contributed by atoms with E-state index in [4.69, 9.17) is 9.84 Å². The maximum absolute atomic E-state index is 11.8. The molecule has 21 heavy (non-hydrogen) atoms. The highest BCUT2D eigenvalue weighted by Crippen LogP contribution is 2.34. The van der Waals surface area contributed by atoms with Gasteiger partial charge in [-0.1, -0.05) is 43.2 Å². The lowest BCUT2D eigenvalue weighted by Gasteiger charge is -2.17. The number of ether oxygens (including phenoxy) is 1. The second-order valence-electron chi connectivity index (χ2n) is 5.51. The van der Waals surface area contributed by atoms with E-state index in [0.717, 1.165) is 12.0 Å². The van der Waals surface area contributed by atoms with Gasteiger partial charge < -0.3 is 15.2 Å². The van der Waals surface area contributed by atoms with Gasteiger partial charge in [-0.3, -0.25) is 4.79 Å². The van der Waals surface area contributed by atoms with Crippen molar-refractivity contribution < 1.29 is 19.4 Å². The van der Waals surface area contributed by atoms with E-state index in [2.05, 4.69) is 5.32 Å². The van der Waals surface area contributed by atoms with Crippen molar-refractivity contribution in [3.05, 3.63) is 35.9 Å². The number of aliphatic carboxylic acids is 1. The normalized spacial score (nSPS) is 15.2. The first-order valence-corrected chi connectivity index (χ1v) is 7.32. The zero-order valence-corrected chi connectivity index (χ0v) is 12.0. The fourth-order valence-electron chi connectivity index (χ4n) is 2.23. The van der Waals surface area contributed by atoms with Gasteiger partial charge in [0.2, 0.25) is 0 Å². The summed E-state index contributed by atoms with van der Waals surface area (Å²) in [6.45, 7) is 0.224. The third-order valence-corrected chi connectivity index (χ3v) is 3.56. The lowest BCUT2D eigenvalue weighted by Crippen LogP contribution is -2.36. The molecule has 5 nitrogen and oxygen atoms in total. The summed E-state index contributed by atoms with van der Waals surface area (Å²) >= 11 is 0. The van der Waals surface area contributed by atoms with Gasteiger partial charge in [-0.2, -0.15) is 0 Å². The van der Waals surface area contributed by atoms with Crippen molar-refractivity contribution in [2.45, 2.75) is 44.8 Å². The van der Waals surface area contributed by atoms with Gasteiger partial charge in [-0.25, -0.2) is 4.79 Å². The Labute approximate surface area is 124 Å². The summed E-state index contributed by atoms with van der Waals surface area (Å²) < 4.78 is 5.17. The van der Waals surface area contributed by atoms with E-state index < -0.39 is 12.1 Å². The Morgan fingerprint density at radius 1 is 1.29 bits per heavy atom. The largest absolute Gasteiger partial charge is 0.481 e. The highest BCUT2D eigenvalue weighted by atomic mass is 16.5. The summed E-state index contributed by atoms with van der Waals surface area (Å²) in [7, 11) is 0. The number of rotatable bonds is 8. The van der Waals surface area contributed by atoms with Crippen LogP contribution in [0.4, 0.5) is 4.79 Å². The topological polar surface area (TPSA) is 75.6 Å². The van der Waals surface area contributed by atoms with E-state index in [0.29, 0.717) is 12.3 Å². The number of carbonyl (C=O) groups is 2. The molecule has 0 heterocycles. The minimum atomic E-state index is -0.838. The van der Waals surface area contributed by atoms with Crippen LogP contribution in [0.5, 0.6) is 0 Å². The van der Waals surface area contributed by atoms with Crippen LogP contribution >= 0.6 is 0 Å². The summed E-state index contributed by atoms with van der Waals surface area (Å²) in [6.07, 6.45) is 3.22. The number of benzene rings is 1. The quantitative estimate of drug-likeness (QED) is 0.772. The zero-order valence-electron chi connectivity index (χ0n) is 12.0. The minimum Gasteiger partial charge on any atom is -0.481 e. The molecule has 2 rings (SSSR count). The standard InChI is InChI=1S/C16H21NO4/c18-15(19)9-8-14(10-12-6-7-12)17-16(20)21-11-13-4-2-1-3-5-13/h1-5,12,14H,6-11H2,(H,17,20)(H,18,19). The van der Waals surface area contributed by atoms with Crippen molar-refractivity contribution in [3.63, 3.8) is 0 Å². The monoisotopic (exact) mass is 291 g/mol. The lowest BCUT2D eigenvalue weighted by atomic mass is 10.1. The molecule has 1 aliphatic carbocycles. The molecule has 2 N–H and O–H groups in total. The van der Waals surface area contributed by atoms with Crippen LogP contribution in [0.15, 0.2) is 30.3 Å². The van der Waals surface area contributed by atoms with Crippen molar-refractivity contribution in [1.82, 2.24) is 5.32 Å². The predicted octanol–water partition coefficient (Wildman–Crippen LogP) is 2.95. The van der Waals surface area contributed by atoms with E-state index in [-0.39, 0.29) is 19.1 Å². The lowest BCUT2D eigenvalue weighted by molar-refractivity contribution is -0.137. The molecule has 0 aliphatic heterocycles. The molecule has 0 saturated heterocycles. The van der Waals surface area contributed by atoms with Crippen molar-refractivity contribution in [2.24, 2.45) is 5.92 Å².